The van der Waals surface area contributed by atoms with Gasteiger partial charge in [-0.25, -0.2) is 4.79 Å². The minimum absolute atomic E-state index is 0.0445. The van der Waals surface area contributed by atoms with Gasteiger partial charge in [-0.3, -0.25) is 4.79 Å². The predicted octanol–water partition coefficient (Wildman–Crippen LogP) is 2.72. The molecule has 0 aromatic carbocycles. The summed E-state index contributed by atoms with van der Waals surface area (Å²) >= 11 is 1.38. The van der Waals surface area contributed by atoms with Crippen LogP contribution in [-0.2, 0) is 4.79 Å². The van der Waals surface area contributed by atoms with Crippen LogP contribution in [0.1, 0.15) is 35.5 Å². The van der Waals surface area contributed by atoms with Crippen molar-refractivity contribution < 1.29 is 14.7 Å². The molecule has 1 aliphatic rings. The van der Waals surface area contributed by atoms with Crippen LogP contribution >= 0.6 is 11.3 Å². The number of carbonyl (C=O) groups excluding carboxylic acids is 1. The lowest BCUT2D eigenvalue weighted by Gasteiger charge is -2.20. The predicted molar refractivity (Wildman–Crippen MR) is 75.3 cm³/mol. The summed E-state index contributed by atoms with van der Waals surface area (Å²) < 4.78 is 0. The van der Waals surface area contributed by atoms with Gasteiger partial charge in [0.1, 0.15) is 0 Å². The van der Waals surface area contributed by atoms with Crippen LogP contribution in [0.25, 0.3) is 6.08 Å². The van der Waals surface area contributed by atoms with E-state index in [-0.39, 0.29) is 11.9 Å². The number of hydrogen-bond acceptors (Lipinski definition) is 3. The van der Waals surface area contributed by atoms with Crippen LogP contribution in [0.3, 0.4) is 0 Å². The number of carboxylic acid groups (broad SMARTS) is 1. The Bertz CT molecular complexity index is 521. The zero-order chi connectivity index (χ0) is 14.0. The van der Waals surface area contributed by atoms with Gasteiger partial charge in [0.25, 0.3) is 5.91 Å². The largest absolute Gasteiger partial charge is 0.478 e. The maximum absolute atomic E-state index is 12.3. The number of hydrogen-bond donors (Lipinski definition) is 1. The van der Waals surface area contributed by atoms with Crippen molar-refractivity contribution in [2.24, 2.45) is 5.92 Å². The van der Waals surface area contributed by atoms with Crippen LogP contribution < -0.4 is 0 Å². The lowest BCUT2D eigenvalue weighted by Crippen LogP contribution is -2.33. The van der Waals surface area contributed by atoms with Crippen LogP contribution in [0.5, 0.6) is 0 Å². The fraction of sp³-hybridized carbons (Fsp3) is 0.429. The van der Waals surface area contributed by atoms with Crippen molar-refractivity contribution in [3.63, 3.8) is 0 Å². The fourth-order valence-electron chi connectivity index (χ4n) is 2.45. The molecule has 1 saturated heterocycles. The average Bonchev–Trinajstić information content (AvgIpc) is 2.92. The van der Waals surface area contributed by atoms with E-state index in [1.165, 1.54) is 17.4 Å². The summed E-state index contributed by atoms with van der Waals surface area (Å²) in [4.78, 5) is 25.5. The molecule has 1 N–H and O–H groups in total. The van der Waals surface area contributed by atoms with Crippen molar-refractivity contribution in [2.75, 3.05) is 6.54 Å². The number of rotatable bonds is 3. The zero-order valence-corrected chi connectivity index (χ0v) is 11.8. The number of likely N-dealkylation sites (tertiary alicyclic amines) is 1. The molecule has 0 saturated carbocycles. The first-order valence-electron chi connectivity index (χ1n) is 6.28. The first kappa shape index (κ1) is 13.8. The molecule has 5 heteroatoms. The Morgan fingerprint density at radius 1 is 1.47 bits per heavy atom. The first-order valence-corrected chi connectivity index (χ1v) is 7.16. The van der Waals surface area contributed by atoms with Gasteiger partial charge in [0.2, 0.25) is 0 Å². The smallest absolute Gasteiger partial charge is 0.328 e. The highest BCUT2D eigenvalue weighted by Gasteiger charge is 2.30. The second-order valence-corrected chi connectivity index (χ2v) is 6.00. The van der Waals surface area contributed by atoms with E-state index in [9.17, 15) is 9.59 Å². The highest BCUT2D eigenvalue weighted by molar-refractivity contribution is 7.11. The third-order valence-corrected chi connectivity index (χ3v) is 4.20. The first-order chi connectivity index (χ1) is 8.97. The molecule has 0 aliphatic carbocycles. The van der Waals surface area contributed by atoms with E-state index in [2.05, 4.69) is 13.8 Å². The van der Waals surface area contributed by atoms with E-state index in [0.29, 0.717) is 11.5 Å². The number of carbonyl (C=O) groups is 2. The van der Waals surface area contributed by atoms with Crippen molar-refractivity contribution in [1.82, 2.24) is 4.90 Å². The van der Waals surface area contributed by atoms with Gasteiger partial charge in [0.05, 0.1) is 5.56 Å². The third kappa shape index (κ3) is 3.23. The second kappa shape index (κ2) is 5.57. The molecule has 4 nitrogen and oxygen atoms in total. The van der Waals surface area contributed by atoms with E-state index in [0.717, 1.165) is 23.9 Å². The average molecular weight is 279 g/mol. The lowest BCUT2D eigenvalue weighted by atomic mass is 10.1. The lowest BCUT2D eigenvalue weighted by molar-refractivity contribution is -0.131. The third-order valence-electron chi connectivity index (χ3n) is 3.30. The molecule has 0 radical (unpaired) electrons. The molecule has 2 atom stereocenters. The summed E-state index contributed by atoms with van der Waals surface area (Å²) in [7, 11) is 0. The van der Waals surface area contributed by atoms with Gasteiger partial charge in [-0.15, -0.1) is 11.3 Å². The van der Waals surface area contributed by atoms with Crippen LogP contribution in [0, 0.1) is 5.92 Å². The highest BCUT2D eigenvalue weighted by atomic mass is 32.1. The molecule has 102 valence electrons. The van der Waals surface area contributed by atoms with Crippen molar-refractivity contribution in [3.8, 4) is 0 Å². The molecule has 2 heterocycles. The molecule has 1 aliphatic heterocycles. The molecule has 19 heavy (non-hydrogen) atoms. The minimum atomic E-state index is -0.983. The Labute approximate surface area is 116 Å². The van der Waals surface area contributed by atoms with E-state index < -0.39 is 5.97 Å². The summed E-state index contributed by atoms with van der Waals surface area (Å²) in [5.41, 5.74) is 0.649. The van der Waals surface area contributed by atoms with Gasteiger partial charge in [0, 0.05) is 28.9 Å². The Morgan fingerprint density at radius 2 is 2.21 bits per heavy atom. The molecule has 1 fully saturated rings. The number of carboxylic acids is 1. The van der Waals surface area contributed by atoms with Crippen molar-refractivity contribution in [1.29, 1.82) is 0 Å². The van der Waals surface area contributed by atoms with Crippen LogP contribution in [-0.4, -0.2) is 34.5 Å². The van der Waals surface area contributed by atoms with Crippen molar-refractivity contribution >= 4 is 29.3 Å². The second-order valence-electron chi connectivity index (χ2n) is 5.06. The summed E-state index contributed by atoms with van der Waals surface area (Å²) in [6.07, 6.45) is 3.64. The van der Waals surface area contributed by atoms with E-state index in [4.69, 9.17) is 5.11 Å². The van der Waals surface area contributed by atoms with Gasteiger partial charge in [0.15, 0.2) is 0 Å². The van der Waals surface area contributed by atoms with E-state index >= 15 is 0 Å². The van der Waals surface area contributed by atoms with Crippen molar-refractivity contribution in [2.45, 2.75) is 26.3 Å². The van der Waals surface area contributed by atoms with Gasteiger partial charge in [-0.2, -0.15) is 0 Å². The van der Waals surface area contributed by atoms with Gasteiger partial charge < -0.3 is 10.0 Å². The molecular weight excluding hydrogens is 262 g/mol. The quantitative estimate of drug-likeness (QED) is 0.865. The molecule has 2 rings (SSSR count). The van der Waals surface area contributed by atoms with Crippen LogP contribution in [0.4, 0.5) is 0 Å². The highest BCUT2D eigenvalue weighted by Crippen LogP contribution is 2.26. The standard InChI is InChI=1S/C14H17NO3S/c1-9-5-10(2)15(7-9)14(18)11-6-12(19-8-11)3-4-13(16)17/h3-4,6,8-10H,5,7H2,1-2H3,(H,16,17)/b4-3+. The molecule has 1 aromatic rings. The van der Waals surface area contributed by atoms with Gasteiger partial charge in [-0.05, 0) is 31.4 Å². The topological polar surface area (TPSA) is 57.6 Å². The van der Waals surface area contributed by atoms with Gasteiger partial charge >= 0.3 is 5.97 Å². The van der Waals surface area contributed by atoms with E-state index in [1.54, 1.807) is 11.4 Å². The Hall–Kier alpha value is -1.62. The maximum Gasteiger partial charge on any atom is 0.328 e. The normalized spacial score (nSPS) is 23.2. The Balaban J connectivity index is 2.10. The fourth-order valence-corrected chi connectivity index (χ4v) is 3.23. The van der Waals surface area contributed by atoms with Crippen LogP contribution in [0.2, 0.25) is 0 Å². The molecular formula is C14H17NO3S. The monoisotopic (exact) mass is 279 g/mol. The molecule has 0 bridgehead atoms. The van der Waals surface area contributed by atoms with Crippen molar-refractivity contribution in [3.05, 3.63) is 28.0 Å². The molecule has 0 spiro atoms. The zero-order valence-electron chi connectivity index (χ0n) is 11.0. The Morgan fingerprint density at radius 3 is 2.79 bits per heavy atom. The summed E-state index contributed by atoms with van der Waals surface area (Å²) in [5, 5.41) is 10.4. The minimum Gasteiger partial charge on any atom is -0.478 e. The summed E-state index contributed by atoms with van der Waals surface area (Å²) in [6.45, 7) is 5.02. The maximum atomic E-state index is 12.3. The Kier molecular flexibility index (Phi) is 4.04. The van der Waals surface area contributed by atoms with E-state index in [1.807, 2.05) is 4.90 Å². The number of thiophene rings is 1. The van der Waals surface area contributed by atoms with Crippen LogP contribution in [0.15, 0.2) is 17.5 Å². The van der Waals surface area contributed by atoms with Gasteiger partial charge in [-0.1, -0.05) is 6.92 Å². The summed E-state index contributed by atoms with van der Waals surface area (Å²) in [6, 6.07) is 2.03. The molecule has 2 unspecified atom stereocenters. The number of aliphatic carboxylic acids is 1. The summed E-state index contributed by atoms with van der Waals surface area (Å²) in [5.74, 6) is -0.393. The molecule has 1 amide bonds. The SMILES string of the molecule is CC1CC(C)N(C(=O)c2csc(/C=C/C(=O)O)c2)C1. The molecule has 1 aromatic heterocycles. The number of amides is 1. The number of nitrogens with zero attached hydrogens (tertiary/aromatic N) is 1.